The molecule has 148 valence electrons. The number of hydrogen-bond donors (Lipinski definition) is 1. The molecule has 8 nitrogen and oxygen atoms in total. The Morgan fingerprint density at radius 3 is 2.69 bits per heavy atom. The molecule has 1 aromatic carbocycles. The summed E-state index contributed by atoms with van der Waals surface area (Å²) in [5.74, 6) is 1.22. The number of hydrogen-bond acceptors (Lipinski definition) is 6. The van der Waals surface area contributed by atoms with Crippen molar-refractivity contribution in [1.82, 2.24) is 19.8 Å². The van der Waals surface area contributed by atoms with Crippen LogP contribution in [0.2, 0.25) is 0 Å². The minimum Gasteiger partial charge on any atom is -0.366 e. The summed E-state index contributed by atoms with van der Waals surface area (Å²) >= 11 is 0. The molecule has 0 saturated carbocycles. The van der Waals surface area contributed by atoms with Gasteiger partial charge in [-0.15, -0.1) is 0 Å². The number of nitrogens with zero attached hydrogens (tertiary/aromatic N) is 5. The van der Waals surface area contributed by atoms with Crippen LogP contribution in [0.3, 0.4) is 0 Å². The van der Waals surface area contributed by atoms with E-state index in [0.29, 0.717) is 29.1 Å². The van der Waals surface area contributed by atoms with E-state index in [1.165, 1.54) is 0 Å². The van der Waals surface area contributed by atoms with Crippen LogP contribution in [0.15, 0.2) is 35.0 Å². The molecule has 2 aromatic heterocycles. The molecule has 0 aliphatic carbocycles. The number of amides is 1. The molecule has 3 aromatic rings. The minimum atomic E-state index is -0.0434. The van der Waals surface area contributed by atoms with E-state index in [-0.39, 0.29) is 5.91 Å². The molecule has 1 saturated heterocycles. The van der Waals surface area contributed by atoms with Gasteiger partial charge in [0.1, 0.15) is 22.8 Å². The average Bonchev–Trinajstić information content (AvgIpc) is 3.47. The first-order valence-corrected chi connectivity index (χ1v) is 9.59. The summed E-state index contributed by atoms with van der Waals surface area (Å²) in [6, 6.07) is 9.50. The predicted octanol–water partition coefficient (Wildman–Crippen LogP) is 3.10. The molecule has 1 N–H and O–H groups in total. The van der Waals surface area contributed by atoms with Gasteiger partial charge in [0.25, 0.3) is 5.91 Å². The summed E-state index contributed by atoms with van der Waals surface area (Å²) in [5.41, 5.74) is 3.38. The highest BCUT2D eigenvalue weighted by Gasteiger charge is 2.29. The molecular formula is C21H22N6O2. The molecule has 0 unspecified atom stereocenters. The first-order valence-electron chi connectivity index (χ1n) is 9.59. The van der Waals surface area contributed by atoms with Gasteiger partial charge in [0.2, 0.25) is 0 Å². The van der Waals surface area contributed by atoms with E-state index >= 15 is 0 Å². The van der Waals surface area contributed by atoms with Crippen molar-refractivity contribution in [2.45, 2.75) is 26.3 Å². The number of anilines is 1. The molecule has 1 aliphatic rings. The van der Waals surface area contributed by atoms with Gasteiger partial charge in [-0.25, -0.2) is 0 Å². The zero-order valence-corrected chi connectivity index (χ0v) is 16.5. The fraction of sp³-hybridized carbons (Fsp3) is 0.333. The van der Waals surface area contributed by atoms with E-state index in [4.69, 9.17) is 9.78 Å². The van der Waals surface area contributed by atoms with Crippen molar-refractivity contribution in [3.8, 4) is 17.3 Å². The van der Waals surface area contributed by atoms with E-state index in [1.807, 2.05) is 24.1 Å². The Kier molecular flexibility index (Phi) is 5.04. The minimum absolute atomic E-state index is 0.0434. The molecule has 1 fully saturated rings. The van der Waals surface area contributed by atoms with Crippen LogP contribution in [-0.2, 0) is 13.6 Å². The second-order valence-corrected chi connectivity index (χ2v) is 7.15. The highest BCUT2D eigenvalue weighted by atomic mass is 16.5. The second-order valence-electron chi connectivity index (χ2n) is 7.15. The van der Waals surface area contributed by atoms with E-state index in [9.17, 15) is 4.79 Å². The molecule has 3 heterocycles. The number of likely N-dealkylation sites (tertiary alicyclic amines) is 1. The largest absolute Gasteiger partial charge is 0.366 e. The van der Waals surface area contributed by atoms with E-state index in [1.54, 1.807) is 29.9 Å². The number of nitriles is 1. The predicted molar refractivity (Wildman–Crippen MR) is 107 cm³/mol. The van der Waals surface area contributed by atoms with Crippen molar-refractivity contribution in [3.63, 3.8) is 0 Å². The molecule has 4 rings (SSSR count). The SMILES string of the molecule is Cc1onc(-c2cnn(C)c2NCc2ccc(C#N)cc2)c1C(=O)N1CCCC1. The lowest BCUT2D eigenvalue weighted by molar-refractivity contribution is 0.0791. The molecule has 0 radical (unpaired) electrons. The molecule has 0 bridgehead atoms. The third-order valence-corrected chi connectivity index (χ3v) is 5.21. The normalized spacial score (nSPS) is 13.5. The third-order valence-electron chi connectivity index (χ3n) is 5.21. The van der Waals surface area contributed by atoms with Gasteiger partial charge < -0.3 is 14.7 Å². The average molecular weight is 390 g/mol. The quantitative estimate of drug-likeness (QED) is 0.718. The third kappa shape index (κ3) is 3.59. The first-order chi connectivity index (χ1) is 14.1. The van der Waals surface area contributed by atoms with Gasteiger partial charge in [-0.1, -0.05) is 17.3 Å². The smallest absolute Gasteiger partial charge is 0.259 e. The molecular weight excluding hydrogens is 368 g/mol. The zero-order chi connectivity index (χ0) is 20.4. The Hall–Kier alpha value is -3.60. The number of aryl methyl sites for hydroxylation is 2. The van der Waals surface area contributed by atoms with Gasteiger partial charge in [0, 0.05) is 26.7 Å². The van der Waals surface area contributed by atoms with Crippen molar-refractivity contribution in [1.29, 1.82) is 5.26 Å². The molecule has 29 heavy (non-hydrogen) atoms. The van der Waals surface area contributed by atoms with E-state index in [0.717, 1.165) is 42.9 Å². The summed E-state index contributed by atoms with van der Waals surface area (Å²) in [7, 11) is 1.83. The lowest BCUT2D eigenvalue weighted by Gasteiger charge is -2.15. The summed E-state index contributed by atoms with van der Waals surface area (Å²) in [5, 5.41) is 20.8. The zero-order valence-electron chi connectivity index (χ0n) is 16.5. The van der Waals surface area contributed by atoms with Crippen molar-refractivity contribution in [2.75, 3.05) is 18.4 Å². The monoisotopic (exact) mass is 390 g/mol. The second kappa shape index (κ2) is 7.80. The van der Waals surface area contributed by atoms with Crippen molar-refractivity contribution >= 4 is 11.7 Å². The van der Waals surface area contributed by atoms with Crippen LogP contribution < -0.4 is 5.32 Å². The Morgan fingerprint density at radius 2 is 2.00 bits per heavy atom. The summed E-state index contributed by atoms with van der Waals surface area (Å²) in [4.78, 5) is 14.9. The Labute approximate surface area is 168 Å². The standard InChI is InChI=1S/C21H22N6O2/c1-14-18(21(28)27-9-3-4-10-27)19(25-29-14)17-13-24-26(2)20(17)23-12-16-7-5-15(11-22)6-8-16/h5-8,13,23H,3-4,9-10,12H2,1-2H3. The number of carbonyl (C=O) groups excluding carboxylic acids is 1. The van der Waals surface area contributed by atoms with Crippen LogP contribution in [0.5, 0.6) is 0 Å². The van der Waals surface area contributed by atoms with Gasteiger partial charge in [-0.2, -0.15) is 10.4 Å². The Morgan fingerprint density at radius 1 is 1.28 bits per heavy atom. The van der Waals surface area contributed by atoms with Crippen LogP contribution in [0.1, 0.15) is 40.1 Å². The molecule has 1 amide bonds. The van der Waals surface area contributed by atoms with Gasteiger partial charge in [-0.3, -0.25) is 9.48 Å². The number of aromatic nitrogens is 3. The Bertz CT molecular complexity index is 1070. The lowest BCUT2D eigenvalue weighted by Crippen LogP contribution is -2.28. The summed E-state index contributed by atoms with van der Waals surface area (Å²) in [6.07, 6.45) is 3.74. The van der Waals surface area contributed by atoms with Crippen molar-refractivity contribution < 1.29 is 9.32 Å². The summed E-state index contributed by atoms with van der Waals surface area (Å²) in [6.45, 7) is 3.84. The molecule has 0 atom stereocenters. The maximum atomic E-state index is 13.0. The molecule has 8 heteroatoms. The van der Waals surface area contributed by atoms with Gasteiger partial charge in [0.05, 0.1) is 23.4 Å². The van der Waals surface area contributed by atoms with E-state index in [2.05, 4.69) is 21.6 Å². The number of nitrogens with one attached hydrogen (secondary N) is 1. The molecule has 0 spiro atoms. The van der Waals surface area contributed by atoms with Crippen molar-refractivity contribution in [2.24, 2.45) is 7.05 Å². The Balaban J connectivity index is 1.62. The highest BCUT2D eigenvalue weighted by Crippen LogP contribution is 2.32. The van der Waals surface area contributed by atoms with Gasteiger partial charge in [0.15, 0.2) is 0 Å². The van der Waals surface area contributed by atoms with E-state index < -0.39 is 0 Å². The van der Waals surface area contributed by atoms with Crippen LogP contribution >= 0.6 is 0 Å². The van der Waals surface area contributed by atoms with Crippen LogP contribution in [0.25, 0.3) is 11.3 Å². The summed E-state index contributed by atoms with van der Waals surface area (Å²) < 4.78 is 7.11. The number of benzene rings is 1. The maximum absolute atomic E-state index is 13.0. The highest BCUT2D eigenvalue weighted by molar-refractivity contribution is 6.01. The number of rotatable bonds is 5. The van der Waals surface area contributed by atoms with Gasteiger partial charge >= 0.3 is 0 Å². The van der Waals surface area contributed by atoms with Crippen LogP contribution in [0, 0.1) is 18.3 Å². The first kappa shape index (κ1) is 18.7. The topological polar surface area (TPSA) is 100.0 Å². The van der Waals surface area contributed by atoms with Crippen molar-refractivity contribution in [3.05, 3.63) is 52.9 Å². The molecule has 1 aliphatic heterocycles. The maximum Gasteiger partial charge on any atom is 0.259 e. The fourth-order valence-electron chi connectivity index (χ4n) is 3.59. The lowest BCUT2D eigenvalue weighted by atomic mass is 10.1. The van der Waals surface area contributed by atoms with Gasteiger partial charge in [-0.05, 0) is 37.5 Å². The number of carbonyl (C=O) groups is 1. The fourth-order valence-corrected chi connectivity index (χ4v) is 3.59. The van der Waals surface area contributed by atoms with Crippen LogP contribution in [-0.4, -0.2) is 38.8 Å². The van der Waals surface area contributed by atoms with Crippen LogP contribution in [0.4, 0.5) is 5.82 Å².